The van der Waals surface area contributed by atoms with Crippen LogP contribution in [-0.2, 0) is 11.2 Å². The average molecular weight is 407 g/mol. The highest BCUT2D eigenvalue weighted by Crippen LogP contribution is 2.37. The van der Waals surface area contributed by atoms with Gasteiger partial charge in [0.15, 0.2) is 3.95 Å². The second-order valence-corrected chi connectivity index (χ2v) is 8.00. The zero-order chi connectivity index (χ0) is 19.7. The number of carboxylic acids is 1. The monoisotopic (exact) mass is 407 g/mol. The summed E-state index contributed by atoms with van der Waals surface area (Å²) in [6, 6.07) is 15.8. The van der Waals surface area contributed by atoms with Crippen LogP contribution in [0.25, 0.3) is 11.6 Å². The molecular weight excluding hydrogens is 392 g/mol. The van der Waals surface area contributed by atoms with Gasteiger partial charge in [-0.25, -0.2) is 0 Å². The van der Waals surface area contributed by atoms with Crippen molar-refractivity contribution in [3.8, 4) is 5.88 Å². The van der Waals surface area contributed by atoms with Crippen molar-refractivity contribution < 1.29 is 15.0 Å². The van der Waals surface area contributed by atoms with E-state index < -0.39 is 12.0 Å². The van der Waals surface area contributed by atoms with Gasteiger partial charge in [-0.05, 0) is 36.3 Å². The van der Waals surface area contributed by atoms with E-state index in [4.69, 9.17) is 12.2 Å². The van der Waals surface area contributed by atoms with E-state index in [2.05, 4.69) is 4.99 Å². The molecule has 140 valence electrons. The van der Waals surface area contributed by atoms with Gasteiger partial charge < -0.3 is 15.0 Å². The van der Waals surface area contributed by atoms with Gasteiger partial charge in [0.2, 0.25) is 5.88 Å². The summed E-state index contributed by atoms with van der Waals surface area (Å²) in [7, 11) is 0. The third kappa shape index (κ3) is 3.42. The normalized spacial score (nSPS) is 14.9. The fourth-order valence-electron chi connectivity index (χ4n) is 3.18. The van der Waals surface area contributed by atoms with Crippen LogP contribution in [0.5, 0.6) is 5.88 Å². The number of aromatic hydroxyl groups is 1. The van der Waals surface area contributed by atoms with Crippen molar-refractivity contribution in [2.24, 2.45) is 4.99 Å². The van der Waals surface area contributed by atoms with Crippen LogP contribution in [0.1, 0.15) is 22.0 Å². The zero-order valence-electron chi connectivity index (χ0n) is 14.6. The Morgan fingerprint density at radius 1 is 1.21 bits per heavy atom. The lowest BCUT2D eigenvalue weighted by Crippen LogP contribution is -2.34. The summed E-state index contributed by atoms with van der Waals surface area (Å²) in [5.74, 6) is -1.47. The number of aromatic nitrogens is 1. The molecule has 4 rings (SSSR count). The molecule has 0 bridgehead atoms. The van der Waals surface area contributed by atoms with Crippen LogP contribution in [0.2, 0.25) is 0 Å². The van der Waals surface area contributed by atoms with Crippen molar-refractivity contribution in [3.63, 3.8) is 0 Å². The van der Waals surface area contributed by atoms with Crippen LogP contribution in [0.4, 0.5) is 5.69 Å². The molecule has 2 heterocycles. The summed E-state index contributed by atoms with van der Waals surface area (Å²) in [5.41, 5.74) is 3.46. The first-order chi connectivity index (χ1) is 13.5. The Morgan fingerprint density at radius 2 is 1.93 bits per heavy atom. The number of fused-ring (bicyclic) bond motifs is 1. The second-order valence-electron chi connectivity index (χ2n) is 6.33. The molecular formula is C21H15N2O3S2-. The topological polar surface area (TPSA) is 77.6 Å². The number of hydrogen-bond donors (Lipinski definition) is 1. The van der Waals surface area contributed by atoms with Gasteiger partial charge in [-0.2, -0.15) is 0 Å². The van der Waals surface area contributed by atoms with Gasteiger partial charge in [0.25, 0.3) is 0 Å². The Morgan fingerprint density at radius 3 is 2.68 bits per heavy atom. The second kappa shape index (κ2) is 7.53. The smallest absolute Gasteiger partial charge is 0.211 e. The summed E-state index contributed by atoms with van der Waals surface area (Å²) in [6.45, 7) is 0. The first-order valence-corrected chi connectivity index (χ1v) is 9.81. The van der Waals surface area contributed by atoms with Crippen molar-refractivity contribution in [1.82, 2.24) is 4.57 Å². The lowest BCUT2D eigenvalue weighted by atomic mass is 10.1. The quantitative estimate of drug-likeness (QED) is 0.653. The molecule has 0 spiro atoms. The van der Waals surface area contributed by atoms with E-state index in [-0.39, 0.29) is 16.3 Å². The number of carboxylic acid groups (broad SMARTS) is 1. The predicted octanol–water partition coefficient (Wildman–Crippen LogP) is 3.77. The van der Waals surface area contributed by atoms with E-state index in [0.29, 0.717) is 4.88 Å². The van der Waals surface area contributed by atoms with E-state index in [0.717, 1.165) is 33.7 Å². The summed E-state index contributed by atoms with van der Waals surface area (Å²) in [5, 5.41) is 22.5. The van der Waals surface area contributed by atoms with Crippen molar-refractivity contribution in [2.45, 2.75) is 12.5 Å². The molecule has 3 aromatic rings. The maximum atomic E-state index is 11.8. The van der Waals surface area contributed by atoms with Gasteiger partial charge in [-0.3, -0.25) is 9.56 Å². The third-order valence-electron chi connectivity index (χ3n) is 4.54. The summed E-state index contributed by atoms with van der Waals surface area (Å²) in [4.78, 5) is 16.6. The van der Waals surface area contributed by atoms with Gasteiger partial charge in [0, 0.05) is 17.4 Å². The van der Waals surface area contributed by atoms with Crippen molar-refractivity contribution in [3.05, 3.63) is 74.6 Å². The number of para-hydroxylation sites is 1. The fourth-order valence-corrected chi connectivity index (χ4v) is 4.53. The number of rotatable bonds is 5. The number of hydrogen-bond acceptors (Lipinski definition) is 6. The largest absolute Gasteiger partial charge is 0.548 e. The minimum absolute atomic E-state index is 0.169. The van der Waals surface area contributed by atoms with Crippen LogP contribution >= 0.6 is 23.6 Å². The highest BCUT2D eigenvalue weighted by atomic mass is 32.1. The molecule has 0 aliphatic carbocycles. The van der Waals surface area contributed by atoms with Crippen LogP contribution in [-0.4, -0.2) is 21.9 Å². The fraction of sp³-hybridized carbons (Fsp3) is 0.0952. The van der Waals surface area contributed by atoms with Crippen LogP contribution < -0.4 is 5.11 Å². The standard InChI is InChI=1S/C21H16N2O3S2/c24-19-18(11-14-12-22-16-9-5-4-8-15(14)16)28-21(27)23(19)17(20(25)26)10-13-6-2-1-3-7-13/h1-9,11-12,17,24H,10H2,(H,25,26)/p-1/b14-11+/t17-/m1/s1. The Hall–Kier alpha value is -3.03. The molecule has 28 heavy (non-hydrogen) atoms. The highest BCUT2D eigenvalue weighted by Gasteiger charge is 2.22. The van der Waals surface area contributed by atoms with Gasteiger partial charge in [-0.1, -0.05) is 48.5 Å². The maximum absolute atomic E-state index is 11.8. The van der Waals surface area contributed by atoms with E-state index in [9.17, 15) is 15.0 Å². The van der Waals surface area contributed by atoms with Crippen LogP contribution in [0.15, 0.2) is 59.6 Å². The zero-order valence-corrected chi connectivity index (χ0v) is 16.2. The first kappa shape index (κ1) is 18.3. The minimum Gasteiger partial charge on any atom is -0.548 e. The molecule has 1 N–H and O–H groups in total. The molecule has 0 saturated heterocycles. The maximum Gasteiger partial charge on any atom is 0.211 e. The Bertz CT molecular complexity index is 1160. The van der Waals surface area contributed by atoms with E-state index in [1.807, 2.05) is 54.6 Å². The SMILES string of the molecule is O=C([O-])[C@@H](Cc1ccccc1)n1c(O)c(/C=C2\C=Nc3ccccc32)sc1=S. The van der Waals surface area contributed by atoms with Gasteiger partial charge in [-0.15, -0.1) is 11.3 Å². The highest BCUT2D eigenvalue weighted by molar-refractivity contribution is 7.73. The predicted molar refractivity (Wildman–Crippen MR) is 111 cm³/mol. The van der Waals surface area contributed by atoms with E-state index in [1.165, 1.54) is 4.57 Å². The lowest BCUT2D eigenvalue weighted by Gasteiger charge is -2.20. The van der Waals surface area contributed by atoms with Crippen LogP contribution in [0, 0.1) is 3.95 Å². The van der Waals surface area contributed by atoms with Gasteiger partial charge in [0.05, 0.1) is 22.6 Å². The molecule has 0 radical (unpaired) electrons. The first-order valence-electron chi connectivity index (χ1n) is 8.59. The minimum atomic E-state index is -1.29. The summed E-state index contributed by atoms with van der Waals surface area (Å²) in [6.07, 6.45) is 3.66. The number of thiazole rings is 1. The number of nitrogens with zero attached hydrogens (tertiary/aromatic N) is 2. The molecule has 1 atom stereocenters. The molecule has 0 amide bonds. The number of allylic oxidation sites excluding steroid dienone is 1. The van der Waals surface area contributed by atoms with E-state index >= 15 is 0 Å². The number of carbonyl (C=O) groups is 1. The number of carbonyl (C=O) groups excluding carboxylic acids is 1. The average Bonchev–Trinajstić information content (AvgIpc) is 3.22. The van der Waals surface area contributed by atoms with E-state index in [1.54, 1.807) is 12.3 Å². The van der Waals surface area contributed by atoms with Crippen molar-refractivity contribution >= 4 is 53.1 Å². The Kier molecular flexibility index (Phi) is 4.93. The third-order valence-corrected chi connectivity index (χ3v) is 5.88. The molecule has 0 saturated carbocycles. The molecule has 1 aromatic heterocycles. The van der Waals surface area contributed by atoms with Crippen LogP contribution in [0.3, 0.4) is 0 Å². The molecule has 1 aliphatic rings. The van der Waals surface area contributed by atoms with Crippen molar-refractivity contribution in [2.75, 3.05) is 0 Å². The van der Waals surface area contributed by atoms with Crippen molar-refractivity contribution in [1.29, 1.82) is 0 Å². The molecule has 2 aromatic carbocycles. The Labute approximate surface area is 170 Å². The lowest BCUT2D eigenvalue weighted by molar-refractivity contribution is -0.310. The Balaban J connectivity index is 1.73. The summed E-state index contributed by atoms with van der Waals surface area (Å²) < 4.78 is 1.53. The molecule has 0 fully saturated rings. The molecule has 1 aliphatic heterocycles. The molecule has 5 nitrogen and oxygen atoms in total. The number of aliphatic imine (C=N–C) groups is 1. The number of aliphatic carboxylic acids is 1. The summed E-state index contributed by atoms with van der Waals surface area (Å²) >= 11 is 6.52. The van der Waals surface area contributed by atoms with Gasteiger partial charge in [0.1, 0.15) is 0 Å². The number of benzene rings is 2. The molecule has 7 heteroatoms. The van der Waals surface area contributed by atoms with Gasteiger partial charge >= 0.3 is 0 Å². The molecule has 0 unspecified atom stereocenters.